The van der Waals surface area contributed by atoms with Gasteiger partial charge < -0.3 is 25.0 Å². The second-order valence-corrected chi connectivity index (χ2v) is 8.46. The van der Waals surface area contributed by atoms with Crippen LogP contribution in [-0.4, -0.2) is 52.2 Å². The van der Waals surface area contributed by atoms with E-state index in [1.54, 1.807) is 45.0 Å². The molecule has 1 aliphatic rings. The first-order chi connectivity index (χ1) is 13.9. The van der Waals surface area contributed by atoms with Crippen LogP contribution in [0.5, 0.6) is 5.75 Å². The number of carboxylic acid groups (broad SMARTS) is 2. The number of amides is 1. The topological polar surface area (TPSA) is 122 Å². The highest BCUT2D eigenvalue weighted by molar-refractivity contribution is 5.81. The zero-order chi connectivity index (χ0) is 22.5. The first kappa shape index (κ1) is 23.4. The molecule has 0 unspecified atom stereocenters. The van der Waals surface area contributed by atoms with E-state index in [1.165, 1.54) is 0 Å². The standard InChI is InChI=1S/C21H28FNO7/c1-21(2,3)30-20(28)23-17(19(26)27)9-13(18(24)25)8-12-4-6-15(7-5-12)29-16-10-14(22)11-16/h4-7,13-14,16-17H,8-11H2,1-3H3,(H,23,28)(H,24,25)(H,26,27)/t13-,14?,16?,17+/m0/s1. The first-order valence-electron chi connectivity index (χ1n) is 9.77. The molecule has 1 amide bonds. The SMILES string of the molecule is CC(C)(C)OC(=O)N[C@H](C[C@H](Cc1ccc(OC2CC(F)C2)cc1)C(=O)O)C(=O)O. The number of rotatable bonds is 9. The van der Waals surface area contributed by atoms with E-state index in [0.717, 1.165) is 0 Å². The molecule has 1 aromatic rings. The fourth-order valence-electron chi connectivity index (χ4n) is 3.01. The Hall–Kier alpha value is -2.84. The minimum absolute atomic E-state index is 0.0748. The lowest BCUT2D eigenvalue weighted by Crippen LogP contribution is -2.45. The first-order valence-corrected chi connectivity index (χ1v) is 9.77. The second-order valence-electron chi connectivity index (χ2n) is 8.46. The lowest BCUT2D eigenvalue weighted by Gasteiger charge is -2.30. The maximum atomic E-state index is 12.9. The Morgan fingerprint density at radius 1 is 1.13 bits per heavy atom. The maximum absolute atomic E-state index is 12.9. The predicted molar refractivity (Wildman–Crippen MR) is 105 cm³/mol. The zero-order valence-corrected chi connectivity index (χ0v) is 17.3. The number of hydrogen-bond acceptors (Lipinski definition) is 5. The van der Waals surface area contributed by atoms with Crippen molar-refractivity contribution in [2.75, 3.05) is 0 Å². The van der Waals surface area contributed by atoms with Crippen LogP contribution in [0.2, 0.25) is 0 Å². The molecule has 3 N–H and O–H groups in total. The third-order valence-electron chi connectivity index (χ3n) is 4.60. The Morgan fingerprint density at radius 3 is 2.20 bits per heavy atom. The van der Waals surface area contributed by atoms with Gasteiger partial charge in [-0.1, -0.05) is 12.1 Å². The highest BCUT2D eigenvalue weighted by Crippen LogP contribution is 2.28. The van der Waals surface area contributed by atoms with E-state index in [-0.39, 0.29) is 18.9 Å². The van der Waals surface area contributed by atoms with Crippen molar-refractivity contribution in [1.82, 2.24) is 5.32 Å². The smallest absolute Gasteiger partial charge is 0.408 e. The van der Waals surface area contributed by atoms with Crippen molar-refractivity contribution in [2.45, 2.75) is 70.4 Å². The third kappa shape index (κ3) is 7.53. The van der Waals surface area contributed by atoms with Gasteiger partial charge in [0.1, 0.15) is 29.7 Å². The van der Waals surface area contributed by atoms with Crippen molar-refractivity contribution in [3.63, 3.8) is 0 Å². The number of benzene rings is 1. The quantitative estimate of drug-likeness (QED) is 0.555. The average molecular weight is 425 g/mol. The normalized spacial score (nSPS) is 20.4. The second kappa shape index (κ2) is 9.77. The van der Waals surface area contributed by atoms with Gasteiger partial charge in [0.25, 0.3) is 0 Å². The van der Waals surface area contributed by atoms with Crippen molar-refractivity contribution in [1.29, 1.82) is 0 Å². The number of carbonyl (C=O) groups is 3. The number of alkyl carbamates (subject to hydrolysis) is 1. The van der Waals surface area contributed by atoms with Crippen LogP contribution in [0, 0.1) is 5.92 Å². The summed E-state index contributed by atoms with van der Waals surface area (Å²) in [5.41, 5.74) is -0.138. The molecule has 2 atom stereocenters. The molecule has 2 rings (SSSR count). The van der Waals surface area contributed by atoms with Gasteiger partial charge in [-0.25, -0.2) is 14.0 Å². The Labute approximate surface area is 174 Å². The van der Waals surface area contributed by atoms with Gasteiger partial charge in [0.15, 0.2) is 0 Å². The fraction of sp³-hybridized carbons (Fsp3) is 0.571. The summed E-state index contributed by atoms with van der Waals surface area (Å²) in [4.78, 5) is 35.1. The molecule has 1 aliphatic carbocycles. The van der Waals surface area contributed by atoms with E-state index in [1.807, 2.05) is 0 Å². The van der Waals surface area contributed by atoms with Gasteiger partial charge in [-0.15, -0.1) is 0 Å². The van der Waals surface area contributed by atoms with Crippen LogP contribution in [0.15, 0.2) is 24.3 Å². The van der Waals surface area contributed by atoms with Crippen LogP contribution in [0.3, 0.4) is 0 Å². The zero-order valence-electron chi connectivity index (χ0n) is 17.3. The molecule has 1 aromatic carbocycles. The number of halogens is 1. The minimum atomic E-state index is -1.41. The molecule has 9 heteroatoms. The lowest BCUT2D eigenvalue weighted by molar-refractivity contribution is -0.144. The van der Waals surface area contributed by atoms with Gasteiger partial charge in [0, 0.05) is 12.8 Å². The third-order valence-corrected chi connectivity index (χ3v) is 4.60. The van der Waals surface area contributed by atoms with E-state index < -0.39 is 41.8 Å². The molecular weight excluding hydrogens is 397 g/mol. The molecule has 1 fully saturated rings. The average Bonchev–Trinajstić information content (AvgIpc) is 2.58. The molecule has 8 nitrogen and oxygen atoms in total. The van der Waals surface area contributed by atoms with Crippen molar-refractivity contribution in [3.8, 4) is 5.75 Å². The summed E-state index contributed by atoms with van der Waals surface area (Å²) in [5.74, 6) is -2.98. The van der Waals surface area contributed by atoms with Crippen LogP contribution in [-0.2, 0) is 20.7 Å². The van der Waals surface area contributed by atoms with Crippen LogP contribution in [0.1, 0.15) is 45.6 Å². The van der Waals surface area contributed by atoms with Crippen LogP contribution >= 0.6 is 0 Å². The van der Waals surface area contributed by atoms with Gasteiger partial charge in [-0.05, 0) is 51.3 Å². The highest BCUT2D eigenvalue weighted by atomic mass is 19.1. The molecule has 0 aromatic heterocycles. The highest BCUT2D eigenvalue weighted by Gasteiger charge is 2.31. The van der Waals surface area contributed by atoms with Gasteiger partial charge in [-0.2, -0.15) is 0 Å². The molecular formula is C21H28FNO7. The fourth-order valence-corrected chi connectivity index (χ4v) is 3.01. The molecule has 30 heavy (non-hydrogen) atoms. The van der Waals surface area contributed by atoms with E-state index in [4.69, 9.17) is 9.47 Å². The van der Waals surface area contributed by atoms with Crippen molar-refractivity contribution >= 4 is 18.0 Å². The van der Waals surface area contributed by atoms with E-state index in [0.29, 0.717) is 24.2 Å². The number of alkyl halides is 1. The summed E-state index contributed by atoms with van der Waals surface area (Å²) < 4.78 is 23.5. The van der Waals surface area contributed by atoms with Gasteiger partial charge in [0.05, 0.1) is 5.92 Å². The molecule has 0 heterocycles. The number of nitrogens with one attached hydrogen (secondary N) is 1. The van der Waals surface area contributed by atoms with E-state index >= 15 is 0 Å². The van der Waals surface area contributed by atoms with Gasteiger partial charge in [0.2, 0.25) is 0 Å². The Morgan fingerprint density at radius 2 is 1.73 bits per heavy atom. The van der Waals surface area contributed by atoms with Crippen LogP contribution in [0.25, 0.3) is 0 Å². The Bertz CT molecular complexity index is 754. The van der Waals surface area contributed by atoms with Crippen molar-refractivity contribution < 1.29 is 38.5 Å². The number of aliphatic carboxylic acids is 2. The number of ether oxygens (including phenoxy) is 2. The monoisotopic (exact) mass is 425 g/mol. The molecule has 0 spiro atoms. The summed E-state index contributed by atoms with van der Waals surface area (Å²) in [6.07, 6.45) is -1.39. The Balaban J connectivity index is 1.97. The predicted octanol–water partition coefficient (Wildman–Crippen LogP) is 3.18. The molecule has 0 bridgehead atoms. The number of hydrogen-bond donors (Lipinski definition) is 3. The van der Waals surface area contributed by atoms with Crippen LogP contribution in [0.4, 0.5) is 9.18 Å². The van der Waals surface area contributed by atoms with Gasteiger partial charge in [-0.3, -0.25) is 4.79 Å². The number of carboxylic acids is 2. The maximum Gasteiger partial charge on any atom is 0.408 e. The van der Waals surface area contributed by atoms with Crippen LogP contribution < -0.4 is 10.1 Å². The summed E-state index contributed by atoms with van der Waals surface area (Å²) in [6.45, 7) is 4.91. The van der Waals surface area contributed by atoms with Crippen molar-refractivity contribution in [2.24, 2.45) is 5.92 Å². The summed E-state index contributed by atoms with van der Waals surface area (Å²) in [6, 6.07) is 5.32. The number of carbonyl (C=O) groups excluding carboxylic acids is 1. The Kier molecular flexibility index (Phi) is 7.64. The lowest BCUT2D eigenvalue weighted by atomic mass is 9.92. The molecule has 0 aliphatic heterocycles. The summed E-state index contributed by atoms with van der Waals surface area (Å²) in [7, 11) is 0. The van der Waals surface area contributed by atoms with Gasteiger partial charge >= 0.3 is 18.0 Å². The summed E-state index contributed by atoms with van der Waals surface area (Å²) >= 11 is 0. The molecule has 0 saturated heterocycles. The molecule has 0 radical (unpaired) electrons. The largest absolute Gasteiger partial charge is 0.490 e. The van der Waals surface area contributed by atoms with E-state index in [2.05, 4.69) is 5.32 Å². The summed E-state index contributed by atoms with van der Waals surface area (Å²) in [5, 5.41) is 21.1. The van der Waals surface area contributed by atoms with Crippen molar-refractivity contribution in [3.05, 3.63) is 29.8 Å². The van der Waals surface area contributed by atoms with E-state index in [9.17, 15) is 29.0 Å². The minimum Gasteiger partial charge on any atom is -0.490 e. The molecule has 1 saturated carbocycles. The molecule has 166 valence electrons.